The molecule has 1 aliphatic heterocycles. The van der Waals surface area contributed by atoms with Gasteiger partial charge in [-0.1, -0.05) is 36.0 Å². The minimum atomic E-state index is -2.61. The fourth-order valence-electron chi connectivity index (χ4n) is 4.51. The molecular formula is C28H24F2N6OS. The molecule has 0 aliphatic carbocycles. The van der Waals surface area contributed by atoms with E-state index in [4.69, 9.17) is 4.74 Å². The van der Waals surface area contributed by atoms with Gasteiger partial charge in [0, 0.05) is 64.4 Å². The zero-order chi connectivity index (χ0) is 26.1. The van der Waals surface area contributed by atoms with Crippen LogP contribution in [0.2, 0.25) is 0 Å². The fourth-order valence-corrected chi connectivity index (χ4v) is 5.42. The summed E-state index contributed by atoms with van der Waals surface area (Å²) in [5.41, 5.74) is 2.46. The van der Waals surface area contributed by atoms with Crippen LogP contribution >= 0.6 is 11.8 Å². The van der Waals surface area contributed by atoms with Crippen molar-refractivity contribution in [3.8, 4) is 5.75 Å². The summed E-state index contributed by atoms with van der Waals surface area (Å²) in [6, 6.07) is 19.6. The monoisotopic (exact) mass is 530 g/mol. The van der Waals surface area contributed by atoms with Gasteiger partial charge in [-0.25, -0.2) is 13.8 Å². The van der Waals surface area contributed by atoms with Gasteiger partial charge in [0.1, 0.15) is 11.3 Å². The number of nitrogens with one attached hydrogen (secondary N) is 1. The van der Waals surface area contributed by atoms with Crippen molar-refractivity contribution in [2.75, 3.05) is 30.4 Å². The summed E-state index contributed by atoms with van der Waals surface area (Å²) < 4.78 is 32.6. The topological polar surface area (TPSA) is 76.1 Å². The van der Waals surface area contributed by atoms with E-state index in [9.17, 15) is 8.78 Å². The van der Waals surface area contributed by atoms with Crippen LogP contribution in [-0.4, -0.2) is 46.3 Å². The van der Waals surface area contributed by atoms with Gasteiger partial charge in [-0.3, -0.25) is 4.98 Å². The number of nitrogens with zero attached hydrogens (tertiary/aromatic N) is 5. The third-order valence-electron chi connectivity index (χ3n) is 6.56. The van der Waals surface area contributed by atoms with Gasteiger partial charge in [-0.15, -0.1) is 10.2 Å². The standard InChI is InChI=1S/C28H24F2N6OS/c1-37-19-16-23-25(32-17-19)24(10-13-31-23)38-20-8-6-18(7-9-20)33-26-21-4-2-3-5-22(21)27(35-34-26)36-14-11-28(29,30)12-15-36/h2-10,13,16-17H,11-12,14-15H2,1H3,(H,33,34). The van der Waals surface area contributed by atoms with Crippen LogP contribution in [0.15, 0.2) is 82.8 Å². The summed E-state index contributed by atoms with van der Waals surface area (Å²) in [5.74, 6) is -0.682. The molecule has 0 radical (unpaired) electrons. The molecule has 0 amide bonds. The summed E-state index contributed by atoms with van der Waals surface area (Å²) in [5, 5.41) is 14.0. The molecule has 1 aliphatic rings. The van der Waals surface area contributed by atoms with Crippen molar-refractivity contribution in [2.24, 2.45) is 0 Å². The Morgan fingerprint density at radius 1 is 0.947 bits per heavy atom. The molecule has 3 aromatic heterocycles. The molecule has 6 rings (SSSR count). The normalized spacial score (nSPS) is 15.1. The van der Waals surface area contributed by atoms with Crippen LogP contribution in [-0.2, 0) is 0 Å². The van der Waals surface area contributed by atoms with E-state index < -0.39 is 5.92 Å². The Labute approximate surface area is 222 Å². The number of hydrogen-bond acceptors (Lipinski definition) is 8. The number of piperidine rings is 1. The molecule has 38 heavy (non-hydrogen) atoms. The maximum Gasteiger partial charge on any atom is 0.251 e. The Kier molecular flexibility index (Phi) is 6.40. The van der Waals surface area contributed by atoms with Crippen LogP contribution in [0.5, 0.6) is 5.75 Å². The molecule has 0 saturated carbocycles. The van der Waals surface area contributed by atoms with Gasteiger partial charge < -0.3 is 15.0 Å². The number of fused-ring (bicyclic) bond motifs is 2. The van der Waals surface area contributed by atoms with Crippen LogP contribution in [0.25, 0.3) is 21.8 Å². The fraction of sp³-hybridized carbons (Fsp3) is 0.214. The SMILES string of the molecule is COc1cnc2c(Sc3ccc(Nc4nnc(N5CCC(F)(F)CC5)c5ccccc45)cc3)ccnc2c1. The zero-order valence-corrected chi connectivity index (χ0v) is 21.4. The Balaban J connectivity index is 1.22. The second-order valence-electron chi connectivity index (χ2n) is 9.06. The third-order valence-corrected chi connectivity index (χ3v) is 7.62. The number of halogens is 2. The maximum absolute atomic E-state index is 13.7. The number of hydrogen-bond donors (Lipinski definition) is 1. The minimum Gasteiger partial charge on any atom is -0.495 e. The average molecular weight is 531 g/mol. The highest BCUT2D eigenvalue weighted by Gasteiger charge is 2.35. The number of pyridine rings is 2. The van der Waals surface area contributed by atoms with Crippen LogP contribution in [0.3, 0.4) is 0 Å². The van der Waals surface area contributed by atoms with Gasteiger partial charge in [0.15, 0.2) is 11.6 Å². The Hall–Kier alpha value is -4.05. The predicted octanol–water partition coefficient (Wildman–Crippen LogP) is 6.71. The smallest absolute Gasteiger partial charge is 0.251 e. The summed E-state index contributed by atoms with van der Waals surface area (Å²) in [6.07, 6.45) is 3.11. The van der Waals surface area contributed by atoms with Crippen molar-refractivity contribution in [2.45, 2.75) is 28.6 Å². The Morgan fingerprint density at radius 2 is 1.71 bits per heavy atom. The molecule has 5 aromatic rings. The molecule has 0 bridgehead atoms. The van der Waals surface area contributed by atoms with Crippen LogP contribution < -0.4 is 15.0 Å². The number of anilines is 3. The van der Waals surface area contributed by atoms with Crippen LogP contribution in [0.4, 0.5) is 26.1 Å². The minimum absolute atomic E-state index is 0.174. The van der Waals surface area contributed by atoms with E-state index in [1.807, 2.05) is 65.6 Å². The number of aromatic nitrogens is 4. The van der Waals surface area contributed by atoms with Crippen LogP contribution in [0, 0.1) is 0 Å². The molecule has 1 fully saturated rings. The second kappa shape index (κ2) is 10.0. The van der Waals surface area contributed by atoms with Gasteiger partial charge in [-0.05, 0) is 30.3 Å². The van der Waals surface area contributed by atoms with Crippen molar-refractivity contribution in [3.05, 3.63) is 73.1 Å². The molecule has 7 nitrogen and oxygen atoms in total. The summed E-state index contributed by atoms with van der Waals surface area (Å²) in [6.45, 7) is 0.515. The summed E-state index contributed by atoms with van der Waals surface area (Å²) in [4.78, 5) is 12.9. The predicted molar refractivity (Wildman–Crippen MR) is 146 cm³/mol. The van der Waals surface area contributed by atoms with Gasteiger partial charge >= 0.3 is 0 Å². The van der Waals surface area contributed by atoms with Crippen molar-refractivity contribution in [1.82, 2.24) is 20.2 Å². The van der Waals surface area contributed by atoms with Gasteiger partial charge in [-0.2, -0.15) is 0 Å². The number of benzene rings is 2. The maximum atomic E-state index is 13.7. The molecular weight excluding hydrogens is 506 g/mol. The second-order valence-corrected chi connectivity index (χ2v) is 10.2. The number of rotatable bonds is 6. The van der Waals surface area contributed by atoms with E-state index in [1.165, 1.54) is 0 Å². The molecule has 192 valence electrons. The van der Waals surface area contributed by atoms with Gasteiger partial charge in [0.2, 0.25) is 0 Å². The molecule has 4 heterocycles. The highest BCUT2D eigenvalue weighted by atomic mass is 32.2. The van der Waals surface area contributed by atoms with E-state index >= 15 is 0 Å². The first kappa shape index (κ1) is 24.3. The average Bonchev–Trinajstić information content (AvgIpc) is 2.94. The lowest BCUT2D eigenvalue weighted by atomic mass is 10.1. The van der Waals surface area contributed by atoms with E-state index in [2.05, 4.69) is 25.5 Å². The molecule has 10 heteroatoms. The van der Waals surface area contributed by atoms with E-state index in [0.29, 0.717) is 17.4 Å². The highest BCUT2D eigenvalue weighted by molar-refractivity contribution is 7.99. The van der Waals surface area contributed by atoms with Crippen molar-refractivity contribution in [3.63, 3.8) is 0 Å². The van der Waals surface area contributed by atoms with Gasteiger partial charge in [0.05, 0.1) is 18.8 Å². The zero-order valence-electron chi connectivity index (χ0n) is 20.6. The van der Waals surface area contributed by atoms with E-state index in [0.717, 1.165) is 37.3 Å². The lowest BCUT2D eigenvalue weighted by Crippen LogP contribution is -2.40. The van der Waals surface area contributed by atoms with Crippen molar-refractivity contribution in [1.29, 1.82) is 0 Å². The quantitative estimate of drug-likeness (QED) is 0.260. The van der Waals surface area contributed by atoms with E-state index in [-0.39, 0.29) is 25.9 Å². The first-order valence-corrected chi connectivity index (χ1v) is 13.0. The number of ether oxygens (including phenoxy) is 1. The molecule has 1 N–H and O–H groups in total. The Bertz CT molecular complexity index is 1610. The molecule has 1 saturated heterocycles. The molecule has 0 spiro atoms. The first-order valence-electron chi connectivity index (χ1n) is 12.2. The number of methoxy groups -OCH3 is 1. The van der Waals surface area contributed by atoms with Crippen molar-refractivity contribution >= 4 is 50.9 Å². The molecule has 0 atom stereocenters. The number of alkyl halides is 2. The lowest BCUT2D eigenvalue weighted by molar-refractivity contribution is -0.0221. The van der Waals surface area contributed by atoms with E-state index in [1.54, 1.807) is 31.3 Å². The summed E-state index contributed by atoms with van der Waals surface area (Å²) >= 11 is 1.61. The molecule has 2 aromatic carbocycles. The van der Waals surface area contributed by atoms with Crippen LogP contribution in [0.1, 0.15) is 12.8 Å². The third kappa shape index (κ3) is 4.91. The Morgan fingerprint density at radius 3 is 2.47 bits per heavy atom. The molecule has 0 unspecified atom stereocenters. The van der Waals surface area contributed by atoms with Gasteiger partial charge in [0.25, 0.3) is 5.92 Å². The summed E-state index contributed by atoms with van der Waals surface area (Å²) in [7, 11) is 1.61. The largest absolute Gasteiger partial charge is 0.495 e. The first-order chi connectivity index (χ1) is 18.5. The van der Waals surface area contributed by atoms with Crippen molar-refractivity contribution < 1.29 is 13.5 Å². The lowest BCUT2D eigenvalue weighted by Gasteiger charge is -2.32. The highest BCUT2D eigenvalue weighted by Crippen LogP contribution is 2.36.